The third-order valence-corrected chi connectivity index (χ3v) is 4.21. The first-order valence-electron chi connectivity index (χ1n) is 5.08. The van der Waals surface area contributed by atoms with Crippen LogP contribution in [0.4, 0.5) is 0 Å². The monoisotopic (exact) mass is 225 g/mol. The Morgan fingerprint density at radius 3 is 2.87 bits per heavy atom. The average Bonchev–Trinajstić information content (AvgIpc) is 2.27. The Morgan fingerprint density at radius 1 is 1.40 bits per heavy atom. The predicted molar refractivity (Wildman–Crippen MR) is 59.2 cm³/mol. The molecular weight excluding hydrogens is 210 g/mol. The molecule has 3 nitrogen and oxygen atoms in total. The maximum Gasteiger partial charge on any atom is 0.240 e. The van der Waals surface area contributed by atoms with Gasteiger partial charge >= 0.3 is 0 Å². The van der Waals surface area contributed by atoms with Crippen molar-refractivity contribution >= 4 is 10.0 Å². The molecule has 0 spiro atoms. The van der Waals surface area contributed by atoms with E-state index in [1.54, 1.807) is 6.07 Å². The van der Waals surface area contributed by atoms with E-state index in [1.807, 2.05) is 19.1 Å². The van der Waals surface area contributed by atoms with Crippen molar-refractivity contribution < 1.29 is 8.42 Å². The lowest BCUT2D eigenvalue weighted by atomic mass is 10.0. The van der Waals surface area contributed by atoms with Gasteiger partial charge in [0.25, 0.3) is 0 Å². The van der Waals surface area contributed by atoms with Crippen LogP contribution < -0.4 is 4.72 Å². The third kappa shape index (κ3) is 2.06. The molecule has 0 saturated heterocycles. The summed E-state index contributed by atoms with van der Waals surface area (Å²) in [5.41, 5.74) is 1.91. The quantitative estimate of drug-likeness (QED) is 0.726. The van der Waals surface area contributed by atoms with E-state index in [4.69, 9.17) is 0 Å². The maximum atomic E-state index is 11.9. The van der Waals surface area contributed by atoms with Gasteiger partial charge in [0.1, 0.15) is 0 Å². The van der Waals surface area contributed by atoms with Crippen molar-refractivity contribution in [3.8, 4) is 0 Å². The predicted octanol–water partition coefficient (Wildman–Crippen LogP) is 1.47. The smallest absolute Gasteiger partial charge is 0.211 e. The Hall–Kier alpha value is -0.870. The van der Waals surface area contributed by atoms with Crippen LogP contribution in [0.3, 0.4) is 0 Å². The molecule has 1 aromatic rings. The van der Waals surface area contributed by atoms with Gasteiger partial charge in [-0.1, -0.05) is 19.1 Å². The number of hydrogen-bond acceptors (Lipinski definition) is 2. The second kappa shape index (κ2) is 3.61. The molecule has 1 aliphatic heterocycles. The molecule has 1 heterocycles. The summed E-state index contributed by atoms with van der Waals surface area (Å²) in [4.78, 5) is 0.451. The second-order valence-corrected chi connectivity index (χ2v) is 6.01. The molecule has 0 unspecified atom stereocenters. The Bertz CT molecular complexity index is 479. The molecule has 0 radical (unpaired) electrons. The van der Waals surface area contributed by atoms with Crippen LogP contribution in [0.5, 0.6) is 0 Å². The van der Waals surface area contributed by atoms with Crippen LogP contribution in [0, 0.1) is 12.8 Å². The van der Waals surface area contributed by atoms with Gasteiger partial charge in [0.05, 0.1) is 4.90 Å². The first-order chi connectivity index (χ1) is 6.99. The van der Waals surface area contributed by atoms with Crippen molar-refractivity contribution in [3.05, 3.63) is 29.3 Å². The van der Waals surface area contributed by atoms with Crippen LogP contribution in [-0.4, -0.2) is 15.0 Å². The number of sulfonamides is 1. The fraction of sp³-hybridized carbons (Fsp3) is 0.455. The van der Waals surface area contributed by atoms with Gasteiger partial charge in [-0.2, -0.15) is 0 Å². The van der Waals surface area contributed by atoms with E-state index in [-0.39, 0.29) is 0 Å². The molecule has 0 bridgehead atoms. The van der Waals surface area contributed by atoms with Crippen molar-refractivity contribution in [2.75, 3.05) is 6.54 Å². The summed E-state index contributed by atoms with van der Waals surface area (Å²) in [6.45, 7) is 4.48. The van der Waals surface area contributed by atoms with Crippen LogP contribution in [0.1, 0.15) is 18.1 Å². The number of hydrogen-bond donors (Lipinski definition) is 1. The van der Waals surface area contributed by atoms with Gasteiger partial charge < -0.3 is 0 Å². The van der Waals surface area contributed by atoms with Gasteiger partial charge in [0, 0.05) is 6.54 Å². The number of aryl methyl sites for hydroxylation is 1. The average molecular weight is 225 g/mol. The fourth-order valence-electron chi connectivity index (χ4n) is 1.86. The van der Waals surface area contributed by atoms with E-state index in [0.29, 0.717) is 17.4 Å². The highest BCUT2D eigenvalue weighted by molar-refractivity contribution is 7.89. The lowest BCUT2D eigenvalue weighted by Crippen LogP contribution is -2.26. The van der Waals surface area contributed by atoms with Crippen LogP contribution >= 0.6 is 0 Å². The molecule has 0 saturated carbocycles. The zero-order valence-electron chi connectivity index (χ0n) is 8.95. The summed E-state index contributed by atoms with van der Waals surface area (Å²) < 4.78 is 26.4. The van der Waals surface area contributed by atoms with Gasteiger partial charge in [-0.3, -0.25) is 0 Å². The zero-order chi connectivity index (χ0) is 11.1. The molecule has 15 heavy (non-hydrogen) atoms. The molecule has 1 aromatic carbocycles. The normalized spacial score (nSPS) is 24.3. The largest absolute Gasteiger partial charge is 0.240 e. The van der Waals surface area contributed by atoms with Gasteiger partial charge in [0.2, 0.25) is 10.0 Å². The first kappa shape index (κ1) is 10.6. The number of fused-ring (bicyclic) bond motifs is 1. The van der Waals surface area contributed by atoms with Gasteiger partial charge in [0.15, 0.2) is 0 Å². The lowest BCUT2D eigenvalue weighted by Gasteiger charge is -2.07. The number of nitrogens with one attached hydrogen (secondary N) is 1. The Labute approximate surface area is 90.6 Å². The zero-order valence-corrected chi connectivity index (χ0v) is 9.76. The standard InChI is InChI=1S/C11H15NO2S/c1-8-3-4-10-5-9(2)7-12-15(13,14)11(10)6-8/h3-4,6,9,12H,5,7H2,1-2H3/t9-/m1/s1. The summed E-state index contributed by atoms with van der Waals surface area (Å²) in [6.07, 6.45) is 0.821. The molecule has 0 aliphatic carbocycles. The van der Waals surface area contributed by atoms with E-state index >= 15 is 0 Å². The van der Waals surface area contributed by atoms with Crippen molar-refractivity contribution in [2.45, 2.75) is 25.2 Å². The van der Waals surface area contributed by atoms with E-state index in [1.165, 1.54) is 0 Å². The Kier molecular flexibility index (Phi) is 2.56. The summed E-state index contributed by atoms with van der Waals surface area (Å²) >= 11 is 0. The highest BCUT2D eigenvalue weighted by atomic mass is 32.2. The van der Waals surface area contributed by atoms with Crippen molar-refractivity contribution in [3.63, 3.8) is 0 Å². The number of benzene rings is 1. The molecule has 0 fully saturated rings. The molecule has 1 aliphatic rings. The molecule has 0 aromatic heterocycles. The minimum atomic E-state index is -3.28. The highest BCUT2D eigenvalue weighted by Gasteiger charge is 2.23. The van der Waals surface area contributed by atoms with Crippen molar-refractivity contribution in [1.29, 1.82) is 0 Å². The Morgan fingerprint density at radius 2 is 2.13 bits per heavy atom. The van der Waals surface area contributed by atoms with Crippen molar-refractivity contribution in [2.24, 2.45) is 5.92 Å². The molecule has 1 N–H and O–H groups in total. The summed E-state index contributed by atoms with van der Waals surface area (Å²) in [6, 6.07) is 5.63. The van der Waals surface area contributed by atoms with Gasteiger partial charge in [-0.25, -0.2) is 13.1 Å². The highest BCUT2D eigenvalue weighted by Crippen LogP contribution is 2.23. The van der Waals surface area contributed by atoms with Crippen LogP contribution in [-0.2, 0) is 16.4 Å². The van der Waals surface area contributed by atoms with E-state index in [9.17, 15) is 8.42 Å². The van der Waals surface area contributed by atoms with Crippen LogP contribution in [0.25, 0.3) is 0 Å². The molecule has 1 atom stereocenters. The van der Waals surface area contributed by atoms with E-state index in [0.717, 1.165) is 17.5 Å². The first-order valence-corrected chi connectivity index (χ1v) is 6.56. The maximum absolute atomic E-state index is 11.9. The summed E-state index contributed by atoms with van der Waals surface area (Å²) in [5, 5.41) is 0. The molecule has 0 amide bonds. The third-order valence-electron chi connectivity index (χ3n) is 2.70. The van der Waals surface area contributed by atoms with Gasteiger partial charge in [-0.05, 0) is 36.5 Å². The van der Waals surface area contributed by atoms with Crippen LogP contribution in [0.2, 0.25) is 0 Å². The summed E-state index contributed by atoms with van der Waals surface area (Å²) in [5.74, 6) is 0.351. The van der Waals surface area contributed by atoms with E-state index in [2.05, 4.69) is 11.6 Å². The van der Waals surface area contributed by atoms with Gasteiger partial charge in [-0.15, -0.1) is 0 Å². The minimum absolute atomic E-state index is 0.351. The molecule has 82 valence electrons. The van der Waals surface area contributed by atoms with Crippen LogP contribution in [0.15, 0.2) is 23.1 Å². The number of rotatable bonds is 0. The Balaban J connectivity index is 2.61. The lowest BCUT2D eigenvalue weighted by molar-refractivity contribution is 0.552. The molecular formula is C11H15NO2S. The van der Waals surface area contributed by atoms with E-state index < -0.39 is 10.0 Å². The molecule has 2 rings (SSSR count). The SMILES string of the molecule is Cc1ccc2c(c1)S(=O)(=O)NC[C@H](C)C2. The minimum Gasteiger partial charge on any atom is -0.211 e. The topological polar surface area (TPSA) is 46.2 Å². The summed E-state index contributed by atoms with van der Waals surface area (Å²) in [7, 11) is -3.28. The second-order valence-electron chi connectivity index (χ2n) is 4.27. The molecule has 4 heteroatoms. The van der Waals surface area contributed by atoms with Crippen molar-refractivity contribution in [1.82, 2.24) is 4.72 Å². The fourth-order valence-corrected chi connectivity index (χ4v) is 3.35.